The molecule has 0 aromatic rings. The number of aliphatic hydroxyl groups is 1. The van der Waals surface area contributed by atoms with E-state index in [1.54, 1.807) is 0 Å². The van der Waals surface area contributed by atoms with Crippen molar-refractivity contribution in [2.24, 2.45) is 5.92 Å². The summed E-state index contributed by atoms with van der Waals surface area (Å²) in [6.07, 6.45) is -5.76. The Morgan fingerprint density at radius 1 is 1.31 bits per heavy atom. The Kier molecular flexibility index (Phi) is 5.80. The van der Waals surface area contributed by atoms with Crippen molar-refractivity contribution in [3.05, 3.63) is 0 Å². The minimum absolute atomic E-state index is 0.254. The largest absolute Gasteiger partial charge is 0.415 e. The molecule has 0 spiro atoms. The lowest BCUT2D eigenvalue weighted by Gasteiger charge is -2.13. The zero-order valence-electron chi connectivity index (χ0n) is 7.77. The van der Waals surface area contributed by atoms with Gasteiger partial charge in [0, 0.05) is 5.75 Å². The molecule has 0 aliphatic carbocycles. The van der Waals surface area contributed by atoms with E-state index in [2.05, 4.69) is 0 Å². The maximum Gasteiger partial charge on any atom is 0.415 e. The zero-order chi connectivity index (χ0) is 10.5. The Morgan fingerprint density at radius 3 is 2.23 bits per heavy atom. The van der Waals surface area contributed by atoms with E-state index in [1.165, 1.54) is 0 Å². The van der Waals surface area contributed by atoms with Crippen LogP contribution in [0.4, 0.5) is 13.2 Å². The predicted molar refractivity (Wildman–Crippen MR) is 48.8 cm³/mol. The summed E-state index contributed by atoms with van der Waals surface area (Å²) in [7, 11) is 0. The number of halogens is 3. The van der Waals surface area contributed by atoms with Crippen LogP contribution in [0.25, 0.3) is 0 Å². The van der Waals surface area contributed by atoms with Gasteiger partial charge in [0.05, 0.1) is 0 Å². The van der Waals surface area contributed by atoms with E-state index in [9.17, 15) is 13.2 Å². The molecule has 0 amide bonds. The van der Waals surface area contributed by atoms with Gasteiger partial charge >= 0.3 is 6.18 Å². The monoisotopic (exact) mass is 216 g/mol. The van der Waals surface area contributed by atoms with Gasteiger partial charge in [-0.2, -0.15) is 24.9 Å². The van der Waals surface area contributed by atoms with Crippen molar-refractivity contribution >= 4 is 11.8 Å². The van der Waals surface area contributed by atoms with Gasteiger partial charge in [-0.3, -0.25) is 0 Å². The summed E-state index contributed by atoms with van der Waals surface area (Å²) in [4.78, 5) is 0. The van der Waals surface area contributed by atoms with E-state index in [0.29, 0.717) is 11.7 Å². The zero-order valence-corrected chi connectivity index (χ0v) is 8.58. The first-order valence-corrected chi connectivity index (χ1v) is 5.32. The van der Waals surface area contributed by atoms with Crippen LogP contribution in [0.3, 0.4) is 0 Å². The molecule has 0 heterocycles. The second-order valence-electron chi connectivity index (χ2n) is 3.31. The van der Waals surface area contributed by atoms with Crippen LogP contribution in [0, 0.1) is 5.92 Å². The molecule has 13 heavy (non-hydrogen) atoms. The summed E-state index contributed by atoms with van der Waals surface area (Å²) >= 11 is 1.15. The van der Waals surface area contributed by atoms with Gasteiger partial charge in [-0.05, 0) is 18.1 Å². The van der Waals surface area contributed by atoms with Gasteiger partial charge in [-0.1, -0.05) is 13.8 Å². The highest BCUT2D eigenvalue weighted by Crippen LogP contribution is 2.23. The van der Waals surface area contributed by atoms with Crippen LogP contribution in [0.1, 0.15) is 20.3 Å². The van der Waals surface area contributed by atoms with Crippen molar-refractivity contribution in [1.82, 2.24) is 0 Å². The molecule has 0 aliphatic rings. The average molecular weight is 216 g/mol. The number of hydrogen-bond acceptors (Lipinski definition) is 2. The third kappa shape index (κ3) is 7.19. The quantitative estimate of drug-likeness (QED) is 0.713. The Balaban J connectivity index is 3.43. The van der Waals surface area contributed by atoms with Crippen LogP contribution < -0.4 is 0 Å². The van der Waals surface area contributed by atoms with Crippen LogP contribution in [0.2, 0.25) is 0 Å². The molecule has 0 saturated heterocycles. The Morgan fingerprint density at radius 2 is 1.85 bits per heavy atom. The van der Waals surface area contributed by atoms with E-state index in [1.807, 2.05) is 13.8 Å². The average Bonchev–Trinajstić information content (AvgIpc) is 1.95. The Bertz CT molecular complexity index is 136. The number of thioether (sulfide) groups is 1. The van der Waals surface area contributed by atoms with E-state index < -0.39 is 12.3 Å². The third-order valence-electron chi connectivity index (χ3n) is 1.49. The second-order valence-corrected chi connectivity index (χ2v) is 4.46. The van der Waals surface area contributed by atoms with Gasteiger partial charge in [0.15, 0.2) is 6.10 Å². The summed E-state index contributed by atoms with van der Waals surface area (Å²) in [5.74, 6) is 0.914. The molecule has 0 fully saturated rings. The van der Waals surface area contributed by atoms with Crippen molar-refractivity contribution in [3.63, 3.8) is 0 Å². The van der Waals surface area contributed by atoms with Crippen LogP contribution >= 0.6 is 11.8 Å². The topological polar surface area (TPSA) is 20.2 Å². The van der Waals surface area contributed by atoms with Crippen LogP contribution in [0.5, 0.6) is 0 Å². The molecule has 80 valence electrons. The molecule has 1 N–H and O–H groups in total. The standard InChI is InChI=1S/C8H15F3OS/c1-6(2)3-4-13-5-7(12)8(9,10)11/h6-7,12H,3-5H2,1-2H3. The molecule has 0 rings (SSSR count). The van der Waals surface area contributed by atoms with E-state index >= 15 is 0 Å². The molecule has 5 heteroatoms. The molecule has 1 nitrogen and oxygen atoms in total. The lowest BCUT2D eigenvalue weighted by molar-refractivity contribution is -0.195. The molecular formula is C8H15F3OS. The fourth-order valence-corrected chi connectivity index (χ4v) is 1.83. The van der Waals surface area contributed by atoms with Crippen LogP contribution in [-0.2, 0) is 0 Å². The van der Waals surface area contributed by atoms with Crippen molar-refractivity contribution in [2.45, 2.75) is 32.5 Å². The van der Waals surface area contributed by atoms with Gasteiger partial charge in [0.1, 0.15) is 0 Å². The molecule has 0 radical (unpaired) electrons. The SMILES string of the molecule is CC(C)CCSCC(O)C(F)(F)F. The van der Waals surface area contributed by atoms with Crippen molar-refractivity contribution in [2.75, 3.05) is 11.5 Å². The maximum atomic E-state index is 11.8. The fraction of sp³-hybridized carbons (Fsp3) is 1.00. The fourth-order valence-electron chi connectivity index (χ4n) is 0.608. The van der Waals surface area contributed by atoms with Crippen LogP contribution in [0.15, 0.2) is 0 Å². The van der Waals surface area contributed by atoms with Crippen molar-refractivity contribution in [3.8, 4) is 0 Å². The molecule has 0 saturated carbocycles. The van der Waals surface area contributed by atoms with Crippen molar-refractivity contribution in [1.29, 1.82) is 0 Å². The first-order chi connectivity index (χ1) is 5.84. The highest BCUT2D eigenvalue weighted by molar-refractivity contribution is 7.99. The van der Waals surface area contributed by atoms with Crippen molar-refractivity contribution < 1.29 is 18.3 Å². The highest BCUT2D eigenvalue weighted by atomic mass is 32.2. The summed E-state index contributed by atoms with van der Waals surface area (Å²) < 4.78 is 35.3. The molecule has 0 aliphatic heterocycles. The number of aliphatic hydroxyl groups excluding tert-OH is 1. The lowest BCUT2D eigenvalue weighted by atomic mass is 10.2. The first-order valence-electron chi connectivity index (χ1n) is 4.16. The Labute approximate surface area is 80.7 Å². The smallest absolute Gasteiger partial charge is 0.383 e. The lowest BCUT2D eigenvalue weighted by Crippen LogP contribution is -2.30. The van der Waals surface area contributed by atoms with Gasteiger partial charge in [0.2, 0.25) is 0 Å². The summed E-state index contributed by atoms with van der Waals surface area (Å²) in [5, 5.41) is 8.61. The molecule has 0 bridgehead atoms. The predicted octanol–water partition coefficient (Wildman–Crippen LogP) is 2.69. The maximum absolute atomic E-state index is 11.8. The van der Waals surface area contributed by atoms with E-state index in [0.717, 1.165) is 18.2 Å². The number of rotatable bonds is 5. The highest BCUT2D eigenvalue weighted by Gasteiger charge is 2.37. The van der Waals surface area contributed by atoms with Gasteiger partial charge in [-0.25, -0.2) is 0 Å². The van der Waals surface area contributed by atoms with Gasteiger partial charge < -0.3 is 5.11 Å². The minimum Gasteiger partial charge on any atom is -0.383 e. The third-order valence-corrected chi connectivity index (χ3v) is 2.57. The molecule has 1 unspecified atom stereocenters. The normalized spacial score (nSPS) is 15.0. The molecule has 1 atom stereocenters. The van der Waals surface area contributed by atoms with E-state index in [4.69, 9.17) is 5.11 Å². The van der Waals surface area contributed by atoms with E-state index in [-0.39, 0.29) is 5.75 Å². The Hall–Kier alpha value is 0.100. The molecule has 0 aromatic carbocycles. The summed E-state index contributed by atoms with van der Waals surface area (Å²) in [5.41, 5.74) is 0. The molecule has 0 aromatic heterocycles. The number of alkyl halides is 3. The van der Waals surface area contributed by atoms with Gasteiger partial charge in [-0.15, -0.1) is 0 Å². The van der Waals surface area contributed by atoms with Gasteiger partial charge in [0.25, 0.3) is 0 Å². The first kappa shape index (κ1) is 13.1. The molecular weight excluding hydrogens is 201 g/mol. The number of hydrogen-bond donors (Lipinski definition) is 1. The summed E-state index contributed by atoms with van der Waals surface area (Å²) in [6, 6.07) is 0. The minimum atomic E-state index is -4.47. The second kappa shape index (κ2) is 5.75. The van der Waals surface area contributed by atoms with Crippen LogP contribution in [-0.4, -0.2) is 28.9 Å². The summed E-state index contributed by atoms with van der Waals surface area (Å²) in [6.45, 7) is 4.03.